The van der Waals surface area contributed by atoms with E-state index in [-0.39, 0.29) is 5.91 Å². The largest absolute Gasteiger partial charge is 0.378 e. The highest BCUT2D eigenvalue weighted by Gasteiger charge is 2.27. The van der Waals surface area contributed by atoms with Crippen LogP contribution >= 0.6 is 0 Å². The molecule has 1 aliphatic rings. The highest BCUT2D eigenvalue weighted by molar-refractivity contribution is 5.86. The molecule has 39 heavy (non-hydrogen) atoms. The monoisotopic (exact) mass is 521 g/mol. The van der Waals surface area contributed by atoms with Gasteiger partial charge in [-0.2, -0.15) is 10.2 Å². The number of amides is 1. The summed E-state index contributed by atoms with van der Waals surface area (Å²) in [6.45, 7) is 4.53. The number of aliphatic hydroxyl groups is 1. The standard InChI is InChI=1S/C30H31N7O2/c1-3-21-17-33-37-20-24(25-18-32-34(2)19-25)15-26(28(21)37)23-9-10-27(31-16-23)35-11-13-36(14-12-35)30(39)29(38)22-7-5-4-6-8-22/h4-10,15-20,29,38H,3,11-14H2,1-2H3. The highest BCUT2D eigenvalue weighted by Crippen LogP contribution is 2.32. The summed E-state index contributed by atoms with van der Waals surface area (Å²) in [6, 6.07) is 15.4. The first-order valence-electron chi connectivity index (χ1n) is 13.2. The molecule has 1 amide bonds. The number of pyridine rings is 2. The van der Waals surface area contributed by atoms with Crippen molar-refractivity contribution in [2.24, 2.45) is 7.05 Å². The third-order valence-corrected chi connectivity index (χ3v) is 7.43. The van der Waals surface area contributed by atoms with Gasteiger partial charge in [0, 0.05) is 74.1 Å². The average Bonchev–Trinajstić information content (AvgIpc) is 3.62. The van der Waals surface area contributed by atoms with Gasteiger partial charge in [-0.15, -0.1) is 0 Å². The summed E-state index contributed by atoms with van der Waals surface area (Å²) in [7, 11) is 1.91. The fourth-order valence-electron chi connectivity index (χ4n) is 5.23. The van der Waals surface area contributed by atoms with Crippen molar-refractivity contribution in [1.82, 2.24) is 29.3 Å². The van der Waals surface area contributed by atoms with Gasteiger partial charge in [0.2, 0.25) is 0 Å². The maximum Gasteiger partial charge on any atom is 0.256 e. The number of benzene rings is 1. The van der Waals surface area contributed by atoms with Crippen LogP contribution in [-0.2, 0) is 18.3 Å². The number of nitrogens with zero attached hydrogens (tertiary/aromatic N) is 7. The molecule has 9 nitrogen and oxygen atoms in total. The topological polar surface area (TPSA) is 91.8 Å². The predicted molar refractivity (Wildman–Crippen MR) is 150 cm³/mol. The van der Waals surface area contributed by atoms with Crippen LogP contribution in [0.3, 0.4) is 0 Å². The van der Waals surface area contributed by atoms with Crippen molar-refractivity contribution >= 4 is 17.2 Å². The van der Waals surface area contributed by atoms with Gasteiger partial charge >= 0.3 is 0 Å². The van der Waals surface area contributed by atoms with E-state index in [1.807, 2.05) is 66.8 Å². The molecule has 9 heteroatoms. The molecule has 1 fully saturated rings. The molecular formula is C30H31N7O2. The Morgan fingerprint density at radius 3 is 2.38 bits per heavy atom. The van der Waals surface area contributed by atoms with E-state index in [1.54, 1.807) is 21.7 Å². The predicted octanol–water partition coefficient (Wildman–Crippen LogP) is 3.74. The second-order valence-electron chi connectivity index (χ2n) is 9.89. The lowest BCUT2D eigenvalue weighted by Crippen LogP contribution is -2.50. The highest BCUT2D eigenvalue weighted by atomic mass is 16.3. The van der Waals surface area contributed by atoms with E-state index < -0.39 is 6.10 Å². The first-order chi connectivity index (χ1) is 19.0. The number of anilines is 1. The minimum absolute atomic E-state index is 0.255. The van der Waals surface area contributed by atoms with Crippen molar-refractivity contribution in [1.29, 1.82) is 0 Å². The lowest BCUT2D eigenvalue weighted by atomic mass is 10.0. The third-order valence-electron chi connectivity index (χ3n) is 7.43. The van der Waals surface area contributed by atoms with Crippen molar-refractivity contribution in [3.8, 4) is 22.3 Å². The number of carbonyl (C=O) groups is 1. The number of carbonyl (C=O) groups excluding carboxylic acids is 1. The van der Waals surface area contributed by atoms with Crippen LogP contribution in [0.25, 0.3) is 27.8 Å². The van der Waals surface area contributed by atoms with Gasteiger partial charge in [0.05, 0.1) is 17.9 Å². The fraction of sp³-hybridized carbons (Fsp3) is 0.267. The van der Waals surface area contributed by atoms with Gasteiger partial charge < -0.3 is 14.9 Å². The summed E-state index contributed by atoms with van der Waals surface area (Å²) in [6.07, 6.45) is 9.51. The Balaban J connectivity index is 1.21. The third kappa shape index (κ3) is 4.77. The summed E-state index contributed by atoms with van der Waals surface area (Å²) >= 11 is 0. The zero-order valence-electron chi connectivity index (χ0n) is 22.1. The summed E-state index contributed by atoms with van der Waals surface area (Å²) in [4.78, 5) is 21.6. The van der Waals surface area contributed by atoms with Gasteiger partial charge in [-0.25, -0.2) is 9.50 Å². The average molecular weight is 522 g/mol. The molecule has 5 aromatic rings. The first-order valence-corrected chi connectivity index (χ1v) is 13.2. The van der Waals surface area contributed by atoms with Crippen LogP contribution in [0.1, 0.15) is 24.2 Å². The Morgan fingerprint density at radius 1 is 0.923 bits per heavy atom. The normalized spacial score (nSPS) is 14.6. The van der Waals surface area contributed by atoms with Crippen LogP contribution in [0.2, 0.25) is 0 Å². The SMILES string of the molecule is CCc1cnn2cc(-c3cnn(C)c3)cc(-c3ccc(N4CCN(C(=O)C(O)c5ccccc5)CC4)nc3)c12. The number of hydrogen-bond acceptors (Lipinski definition) is 6. The van der Waals surface area contributed by atoms with E-state index in [0.717, 1.165) is 40.0 Å². The Labute approximate surface area is 226 Å². The number of rotatable bonds is 6. The molecule has 0 saturated carbocycles. The van der Waals surface area contributed by atoms with Crippen LogP contribution in [0.5, 0.6) is 0 Å². The van der Waals surface area contributed by atoms with Crippen molar-refractivity contribution in [2.75, 3.05) is 31.1 Å². The van der Waals surface area contributed by atoms with E-state index in [4.69, 9.17) is 4.98 Å². The van der Waals surface area contributed by atoms with E-state index >= 15 is 0 Å². The van der Waals surface area contributed by atoms with Gasteiger partial charge in [-0.1, -0.05) is 37.3 Å². The zero-order chi connectivity index (χ0) is 26.9. The number of piperazine rings is 1. The summed E-state index contributed by atoms with van der Waals surface area (Å²) in [5.41, 5.74) is 7.06. The molecule has 0 spiro atoms. The molecule has 6 rings (SSSR count). The molecule has 4 aromatic heterocycles. The number of fused-ring (bicyclic) bond motifs is 1. The van der Waals surface area contributed by atoms with Crippen LogP contribution in [-0.4, -0.2) is 66.5 Å². The van der Waals surface area contributed by atoms with Crippen LogP contribution in [0, 0.1) is 0 Å². The van der Waals surface area contributed by atoms with Crippen molar-refractivity contribution in [3.63, 3.8) is 0 Å². The van der Waals surface area contributed by atoms with Gasteiger partial charge in [-0.05, 0) is 35.7 Å². The lowest BCUT2D eigenvalue weighted by Gasteiger charge is -2.36. The molecule has 0 radical (unpaired) electrons. The quantitative estimate of drug-likeness (QED) is 0.366. The maximum absolute atomic E-state index is 12.8. The van der Waals surface area contributed by atoms with Gasteiger partial charge in [-0.3, -0.25) is 9.48 Å². The number of aryl methyl sites for hydroxylation is 2. The molecule has 1 saturated heterocycles. The second kappa shape index (κ2) is 10.3. The molecule has 1 aliphatic heterocycles. The minimum atomic E-state index is -1.13. The van der Waals surface area contributed by atoms with Gasteiger partial charge in [0.1, 0.15) is 5.82 Å². The van der Waals surface area contributed by atoms with Crippen LogP contribution in [0.15, 0.2) is 79.5 Å². The van der Waals surface area contributed by atoms with Crippen molar-refractivity contribution < 1.29 is 9.90 Å². The molecule has 1 aromatic carbocycles. The molecular weight excluding hydrogens is 490 g/mol. The molecule has 0 aliphatic carbocycles. The summed E-state index contributed by atoms with van der Waals surface area (Å²) in [5.74, 6) is 0.618. The van der Waals surface area contributed by atoms with Crippen LogP contribution in [0.4, 0.5) is 5.82 Å². The number of hydrogen-bond donors (Lipinski definition) is 1. The Bertz CT molecular complexity index is 1600. The fourth-order valence-corrected chi connectivity index (χ4v) is 5.23. The molecule has 1 unspecified atom stereocenters. The Hall–Kier alpha value is -4.50. The molecule has 198 valence electrons. The number of aromatic nitrogens is 5. The minimum Gasteiger partial charge on any atom is -0.378 e. The van der Waals surface area contributed by atoms with Gasteiger partial charge in [0.25, 0.3) is 5.91 Å². The molecule has 5 heterocycles. The molecule has 1 atom stereocenters. The lowest BCUT2D eigenvalue weighted by molar-refractivity contribution is -0.140. The van der Waals surface area contributed by atoms with E-state index in [2.05, 4.69) is 34.2 Å². The number of aliphatic hydroxyl groups excluding tert-OH is 1. The van der Waals surface area contributed by atoms with E-state index in [9.17, 15) is 9.90 Å². The maximum atomic E-state index is 12.8. The first kappa shape index (κ1) is 24.8. The second-order valence-corrected chi connectivity index (χ2v) is 9.89. The zero-order valence-corrected chi connectivity index (χ0v) is 22.1. The van der Waals surface area contributed by atoms with Crippen molar-refractivity contribution in [2.45, 2.75) is 19.4 Å². The van der Waals surface area contributed by atoms with Crippen LogP contribution < -0.4 is 4.90 Å². The summed E-state index contributed by atoms with van der Waals surface area (Å²) < 4.78 is 3.75. The Kier molecular flexibility index (Phi) is 6.58. The molecule has 1 N–H and O–H groups in total. The van der Waals surface area contributed by atoms with E-state index in [1.165, 1.54) is 5.56 Å². The van der Waals surface area contributed by atoms with E-state index in [0.29, 0.717) is 31.7 Å². The van der Waals surface area contributed by atoms with Gasteiger partial charge in [0.15, 0.2) is 6.10 Å². The molecule has 0 bridgehead atoms. The smallest absolute Gasteiger partial charge is 0.256 e. The Morgan fingerprint density at radius 2 is 1.72 bits per heavy atom. The van der Waals surface area contributed by atoms with Crippen molar-refractivity contribution in [3.05, 3.63) is 90.6 Å². The summed E-state index contributed by atoms with van der Waals surface area (Å²) in [5, 5.41) is 19.5.